The van der Waals surface area contributed by atoms with Gasteiger partial charge in [0.1, 0.15) is 12.1 Å². The number of amides is 4. The van der Waals surface area contributed by atoms with Gasteiger partial charge in [-0.3, -0.25) is 14.5 Å². The SMILES string of the molecule is CCCC1(CCC)NC(=O)N(CC(=O)N(Cc2ccccc2)C(C)(C)C)C1=O. The summed E-state index contributed by atoms with van der Waals surface area (Å²) in [5.41, 5.74) is -0.294. The van der Waals surface area contributed by atoms with Gasteiger partial charge in [-0.15, -0.1) is 0 Å². The van der Waals surface area contributed by atoms with Crippen molar-refractivity contribution >= 4 is 17.8 Å². The Morgan fingerprint density at radius 3 is 2.14 bits per heavy atom. The molecule has 1 aliphatic heterocycles. The lowest BCUT2D eigenvalue weighted by Crippen LogP contribution is -2.51. The summed E-state index contributed by atoms with van der Waals surface area (Å²) in [6.07, 6.45) is 2.75. The Morgan fingerprint density at radius 2 is 1.64 bits per heavy atom. The predicted molar refractivity (Wildman–Crippen MR) is 110 cm³/mol. The number of carbonyl (C=O) groups excluding carboxylic acids is 3. The lowest BCUT2D eigenvalue weighted by atomic mass is 9.88. The summed E-state index contributed by atoms with van der Waals surface area (Å²) in [7, 11) is 0. The largest absolute Gasteiger partial charge is 0.332 e. The molecular weight excluding hydrogens is 354 g/mol. The molecule has 1 heterocycles. The van der Waals surface area contributed by atoms with Crippen molar-refractivity contribution in [1.29, 1.82) is 0 Å². The molecule has 0 bridgehead atoms. The Morgan fingerprint density at radius 1 is 1.07 bits per heavy atom. The number of nitrogens with zero attached hydrogens (tertiary/aromatic N) is 2. The summed E-state index contributed by atoms with van der Waals surface area (Å²) in [5, 5.41) is 2.87. The number of rotatable bonds is 8. The minimum atomic E-state index is -0.868. The van der Waals surface area contributed by atoms with E-state index in [4.69, 9.17) is 0 Å². The topological polar surface area (TPSA) is 69.7 Å². The second kappa shape index (κ2) is 8.76. The summed E-state index contributed by atoms with van der Waals surface area (Å²) in [6.45, 7) is 10.1. The van der Waals surface area contributed by atoms with Gasteiger partial charge in [0.15, 0.2) is 0 Å². The molecule has 4 amide bonds. The van der Waals surface area contributed by atoms with Crippen LogP contribution in [0, 0.1) is 0 Å². The van der Waals surface area contributed by atoms with Crippen LogP contribution < -0.4 is 5.32 Å². The van der Waals surface area contributed by atoms with Crippen LogP contribution in [-0.4, -0.2) is 45.3 Å². The molecule has 2 rings (SSSR count). The summed E-state index contributed by atoms with van der Waals surface area (Å²) in [4.78, 5) is 41.5. The zero-order chi connectivity index (χ0) is 20.9. The van der Waals surface area contributed by atoms with Gasteiger partial charge in [-0.1, -0.05) is 57.0 Å². The van der Waals surface area contributed by atoms with Gasteiger partial charge in [0.2, 0.25) is 5.91 Å². The van der Waals surface area contributed by atoms with Crippen LogP contribution in [0.1, 0.15) is 65.9 Å². The first-order valence-corrected chi connectivity index (χ1v) is 10.1. The molecule has 1 fully saturated rings. The number of nitrogens with one attached hydrogen (secondary N) is 1. The maximum absolute atomic E-state index is 13.1. The van der Waals surface area contributed by atoms with Crippen molar-refractivity contribution in [3.05, 3.63) is 35.9 Å². The van der Waals surface area contributed by atoms with Gasteiger partial charge in [0, 0.05) is 12.1 Å². The zero-order valence-corrected chi connectivity index (χ0v) is 17.7. The van der Waals surface area contributed by atoms with Crippen LogP contribution in [0.4, 0.5) is 4.79 Å². The van der Waals surface area contributed by atoms with Crippen molar-refractivity contribution in [2.75, 3.05) is 6.54 Å². The average molecular weight is 388 g/mol. The van der Waals surface area contributed by atoms with E-state index in [9.17, 15) is 14.4 Å². The quantitative estimate of drug-likeness (QED) is 0.692. The molecule has 0 spiro atoms. The van der Waals surface area contributed by atoms with Gasteiger partial charge >= 0.3 is 6.03 Å². The van der Waals surface area contributed by atoms with Crippen LogP contribution in [0.15, 0.2) is 30.3 Å². The number of imide groups is 1. The van der Waals surface area contributed by atoms with Gasteiger partial charge in [-0.25, -0.2) is 4.79 Å². The number of hydrogen-bond donors (Lipinski definition) is 1. The lowest BCUT2D eigenvalue weighted by Gasteiger charge is -2.36. The summed E-state index contributed by atoms with van der Waals surface area (Å²) >= 11 is 0. The number of hydrogen-bond acceptors (Lipinski definition) is 3. The van der Waals surface area contributed by atoms with E-state index in [2.05, 4.69) is 5.32 Å². The minimum absolute atomic E-state index is 0.232. The monoisotopic (exact) mass is 387 g/mol. The molecule has 0 saturated carbocycles. The lowest BCUT2D eigenvalue weighted by molar-refractivity contribution is -0.142. The normalized spacial score (nSPS) is 16.2. The van der Waals surface area contributed by atoms with Crippen molar-refractivity contribution < 1.29 is 14.4 Å². The second-order valence-electron chi connectivity index (χ2n) is 8.54. The van der Waals surface area contributed by atoms with Gasteiger partial charge < -0.3 is 10.2 Å². The highest BCUT2D eigenvalue weighted by molar-refractivity contribution is 6.09. The number of urea groups is 1. The predicted octanol–water partition coefficient (Wildman–Crippen LogP) is 3.70. The van der Waals surface area contributed by atoms with Crippen LogP contribution in [0.2, 0.25) is 0 Å². The van der Waals surface area contributed by atoms with E-state index in [1.165, 1.54) is 0 Å². The van der Waals surface area contributed by atoms with Crippen LogP contribution in [0.3, 0.4) is 0 Å². The Labute approximate surface area is 168 Å². The van der Waals surface area contributed by atoms with Crippen molar-refractivity contribution in [3.8, 4) is 0 Å². The highest BCUT2D eigenvalue weighted by atomic mass is 16.2. The summed E-state index contributed by atoms with van der Waals surface area (Å²) in [6, 6.07) is 9.26. The maximum atomic E-state index is 13.1. The molecule has 154 valence electrons. The van der Waals surface area contributed by atoms with E-state index in [1.54, 1.807) is 4.90 Å². The molecule has 1 aromatic carbocycles. The van der Waals surface area contributed by atoms with E-state index >= 15 is 0 Å². The smallest absolute Gasteiger partial charge is 0.325 e. The van der Waals surface area contributed by atoms with E-state index in [0.717, 1.165) is 23.3 Å². The molecule has 1 saturated heterocycles. The highest BCUT2D eigenvalue weighted by Crippen LogP contribution is 2.28. The molecule has 6 nitrogen and oxygen atoms in total. The van der Waals surface area contributed by atoms with Crippen LogP contribution in [-0.2, 0) is 16.1 Å². The fraction of sp³-hybridized carbons (Fsp3) is 0.591. The van der Waals surface area contributed by atoms with E-state index in [-0.39, 0.29) is 18.4 Å². The van der Waals surface area contributed by atoms with Crippen molar-refractivity contribution in [2.24, 2.45) is 0 Å². The first-order valence-electron chi connectivity index (χ1n) is 10.1. The van der Waals surface area contributed by atoms with Gasteiger partial charge in [0.05, 0.1) is 0 Å². The number of carbonyl (C=O) groups is 3. The van der Waals surface area contributed by atoms with E-state index in [1.807, 2.05) is 65.0 Å². The Bertz CT molecular complexity index is 703. The first-order chi connectivity index (χ1) is 13.1. The standard InChI is InChI=1S/C22H33N3O3/c1-6-13-22(14-7-2)19(27)24(20(28)23-22)16-18(26)25(21(3,4)5)15-17-11-9-8-10-12-17/h8-12H,6-7,13-16H2,1-5H3,(H,23,28). The molecule has 6 heteroatoms. The van der Waals surface area contributed by atoms with Crippen LogP contribution in [0.25, 0.3) is 0 Å². The summed E-state index contributed by atoms with van der Waals surface area (Å²) in [5.74, 6) is -0.508. The Balaban J connectivity index is 2.20. The van der Waals surface area contributed by atoms with Gasteiger partial charge in [0.25, 0.3) is 5.91 Å². The average Bonchev–Trinajstić information content (AvgIpc) is 2.84. The molecule has 1 N–H and O–H groups in total. The molecule has 0 atom stereocenters. The fourth-order valence-electron chi connectivity index (χ4n) is 3.82. The zero-order valence-electron chi connectivity index (χ0n) is 17.7. The first kappa shape index (κ1) is 21.9. The Hall–Kier alpha value is -2.37. The molecular formula is C22H33N3O3. The van der Waals surface area contributed by atoms with Gasteiger partial charge in [-0.05, 0) is 39.2 Å². The third-order valence-electron chi connectivity index (χ3n) is 5.19. The maximum Gasteiger partial charge on any atom is 0.325 e. The Kier molecular flexibility index (Phi) is 6.86. The third kappa shape index (κ3) is 4.72. The fourth-order valence-corrected chi connectivity index (χ4v) is 3.82. The summed E-state index contributed by atoms with van der Waals surface area (Å²) < 4.78 is 0. The van der Waals surface area contributed by atoms with Crippen molar-refractivity contribution in [1.82, 2.24) is 15.1 Å². The van der Waals surface area contributed by atoms with E-state index in [0.29, 0.717) is 19.4 Å². The van der Waals surface area contributed by atoms with Crippen molar-refractivity contribution in [2.45, 2.75) is 77.9 Å². The minimum Gasteiger partial charge on any atom is -0.332 e. The highest BCUT2D eigenvalue weighted by Gasteiger charge is 2.50. The van der Waals surface area contributed by atoms with Crippen LogP contribution >= 0.6 is 0 Å². The number of benzene rings is 1. The van der Waals surface area contributed by atoms with E-state index < -0.39 is 17.1 Å². The molecule has 1 aromatic rings. The second-order valence-corrected chi connectivity index (χ2v) is 8.54. The molecule has 0 aromatic heterocycles. The van der Waals surface area contributed by atoms with Crippen molar-refractivity contribution in [3.63, 3.8) is 0 Å². The van der Waals surface area contributed by atoms with Crippen LogP contribution in [0.5, 0.6) is 0 Å². The molecule has 0 unspecified atom stereocenters. The molecule has 0 aliphatic carbocycles. The molecule has 1 aliphatic rings. The van der Waals surface area contributed by atoms with Gasteiger partial charge in [-0.2, -0.15) is 0 Å². The third-order valence-corrected chi connectivity index (χ3v) is 5.19. The molecule has 28 heavy (non-hydrogen) atoms. The molecule has 0 radical (unpaired) electrons.